The maximum atomic E-state index is 6.30. The van der Waals surface area contributed by atoms with Crippen LogP contribution in [0.25, 0.3) is 0 Å². The van der Waals surface area contributed by atoms with Gasteiger partial charge in [-0.05, 0) is 31.6 Å². The third-order valence-electron chi connectivity index (χ3n) is 3.84. The molecule has 2 rings (SSSR count). The Bertz CT molecular complexity index is 177. The minimum atomic E-state index is 0.211. The van der Waals surface area contributed by atoms with E-state index in [9.17, 15) is 0 Å². The second-order valence-electron chi connectivity index (χ2n) is 4.88. The van der Waals surface area contributed by atoms with Gasteiger partial charge in [0, 0.05) is 24.7 Å². The average molecular weight is 182 g/mol. The second-order valence-corrected chi connectivity index (χ2v) is 4.88. The van der Waals surface area contributed by atoms with E-state index in [1.165, 1.54) is 25.7 Å². The lowest BCUT2D eigenvalue weighted by atomic mass is 9.84. The second kappa shape index (κ2) is 3.25. The predicted molar refractivity (Wildman–Crippen MR) is 55.6 cm³/mol. The molecule has 0 amide bonds. The van der Waals surface area contributed by atoms with Crippen LogP contribution in [0, 0.1) is 5.92 Å². The van der Waals surface area contributed by atoms with Gasteiger partial charge in [-0.15, -0.1) is 0 Å². The Labute approximate surface area is 81.5 Å². The molecule has 1 heterocycles. The van der Waals surface area contributed by atoms with Crippen molar-refractivity contribution in [2.75, 3.05) is 13.1 Å². The fourth-order valence-electron chi connectivity index (χ4n) is 2.69. The molecule has 1 saturated carbocycles. The summed E-state index contributed by atoms with van der Waals surface area (Å²) in [6.07, 6.45) is 5.31. The third-order valence-corrected chi connectivity index (χ3v) is 3.84. The molecular formula is C11H22N2. The first-order valence-electron chi connectivity index (χ1n) is 5.72. The molecular weight excluding hydrogens is 160 g/mol. The van der Waals surface area contributed by atoms with Crippen LogP contribution in [-0.4, -0.2) is 29.6 Å². The van der Waals surface area contributed by atoms with Crippen molar-refractivity contribution in [1.29, 1.82) is 0 Å². The van der Waals surface area contributed by atoms with E-state index in [2.05, 4.69) is 18.7 Å². The summed E-state index contributed by atoms with van der Waals surface area (Å²) >= 11 is 0. The first kappa shape index (κ1) is 9.47. The van der Waals surface area contributed by atoms with Crippen LogP contribution in [0.1, 0.15) is 39.5 Å². The maximum Gasteiger partial charge on any atom is 0.0441 e. The van der Waals surface area contributed by atoms with Crippen molar-refractivity contribution in [3.8, 4) is 0 Å². The minimum absolute atomic E-state index is 0.211. The summed E-state index contributed by atoms with van der Waals surface area (Å²) in [4.78, 5) is 2.57. The van der Waals surface area contributed by atoms with Gasteiger partial charge in [-0.1, -0.05) is 13.8 Å². The molecule has 1 aliphatic heterocycles. The van der Waals surface area contributed by atoms with Crippen molar-refractivity contribution in [3.63, 3.8) is 0 Å². The summed E-state index contributed by atoms with van der Waals surface area (Å²) in [6, 6.07) is 0.787. The summed E-state index contributed by atoms with van der Waals surface area (Å²) in [5, 5.41) is 0. The van der Waals surface area contributed by atoms with Crippen molar-refractivity contribution < 1.29 is 0 Å². The summed E-state index contributed by atoms with van der Waals surface area (Å²) in [6.45, 7) is 6.87. The molecule has 13 heavy (non-hydrogen) atoms. The summed E-state index contributed by atoms with van der Waals surface area (Å²) in [5.41, 5.74) is 6.51. The molecule has 0 aromatic carbocycles. The van der Waals surface area contributed by atoms with Gasteiger partial charge in [0.25, 0.3) is 0 Å². The van der Waals surface area contributed by atoms with Gasteiger partial charge in [0.15, 0.2) is 0 Å². The Balaban J connectivity index is 1.82. The van der Waals surface area contributed by atoms with Gasteiger partial charge < -0.3 is 5.73 Å². The first-order chi connectivity index (χ1) is 6.19. The van der Waals surface area contributed by atoms with Crippen LogP contribution >= 0.6 is 0 Å². The van der Waals surface area contributed by atoms with Crippen LogP contribution in [-0.2, 0) is 0 Å². The van der Waals surface area contributed by atoms with Gasteiger partial charge in [-0.25, -0.2) is 0 Å². The first-order valence-corrected chi connectivity index (χ1v) is 5.72. The zero-order chi connectivity index (χ0) is 9.47. The van der Waals surface area contributed by atoms with Crippen molar-refractivity contribution in [2.24, 2.45) is 11.7 Å². The van der Waals surface area contributed by atoms with Gasteiger partial charge in [-0.3, -0.25) is 4.90 Å². The number of rotatable bonds is 4. The highest BCUT2D eigenvalue weighted by Gasteiger charge is 2.51. The van der Waals surface area contributed by atoms with Crippen LogP contribution < -0.4 is 5.73 Å². The monoisotopic (exact) mass is 182 g/mol. The van der Waals surface area contributed by atoms with E-state index >= 15 is 0 Å². The van der Waals surface area contributed by atoms with Crippen LogP contribution in [0.5, 0.6) is 0 Å². The summed E-state index contributed by atoms with van der Waals surface area (Å²) in [5.74, 6) is 0.859. The number of nitrogens with zero attached hydrogens (tertiary/aromatic N) is 1. The van der Waals surface area contributed by atoms with Crippen LogP contribution in [0.2, 0.25) is 0 Å². The Morgan fingerprint density at radius 1 is 1.31 bits per heavy atom. The van der Waals surface area contributed by atoms with Gasteiger partial charge in [-0.2, -0.15) is 0 Å². The van der Waals surface area contributed by atoms with E-state index in [0.717, 1.165) is 25.0 Å². The molecule has 0 radical (unpaired) electrons. The van der Waals surface area contributed by atoms with E-state index in [1.54, 1.807) is 0 Å². The Morgan fingerprint density at radius 3 is 2.23 bits per heavy atom. The molecule has 2 fully saturated rings. The van der Waals surface area contributed by atoms with Gasteiger partial charge in [0.1, 0.15) is 0 Å². The molecule has 1 saturated heterocycles. The van der Waals surface area contributed by atoms with E-state index in [4.69, 9.17) is 5.73 Å². The summed E-state index contributed by atoms with van der Waals surface area (Å²) in [7, 11) is 0. The Morgan fingerprint density at radius 2 is 1.85 bits per heavy atom. The quantitative estimate of drug-likeness (QED) is 0.715. The molecule has 2 nitrogen and oxygen atoms in total. The molecule has 76 valence electrons. The van der Waals surface area contributed by atoms with Crippen LogP contribution in [0.3, 0.4) is 0 Å². The number of hydrogen-bond acceptors (Lipinski definition) is 2. The molecule has 0 spiro atoms. The van der Waals surface area contributed by atoms with Crippen LogP contribution in [0.15, 0.2) is 0 Å². The largest absolute Gasteiger partial charge is 0.323 e. The van der Waals surface area contributed by atoms with Crippen molar-refractivity contribution in [3.05, 3.63) is 0 Å². The Hall–Kier alpha value is -0.0800. The Kier molecular flexibility index (Phi) is 2.37. The van der Waals surface area contributed by atoms with Crippen LogP contribution in [0.4, 0.5) is 0 Å². The van der Waals surface area contributed by atoms with Crippen molar-refractivity contribution in [1.82, 2.24) is 4.90 Å². The molecule has 1 aliphatic carbocycles. The van der Waals surface area contributed by atoms with E-state index in [0.29, 0.717) is 0 Å². The van der Waals surface area contributed by atoms with E-state index in [1.807, 2.05) is 0 Å². The fraction of sp³-hybridized carbons (Fsp3) is 1.00. The zero-order valence-corrected chi connectivity index (χ0v) is 8.92. The van der Waals surface area contributed by atoms with Crippen molar-refractivity contribution in [2.45, 2.75) is 51.1 Å². The molecule has 2 aliphatic rings. The lowest BCUT2D eigenvalue weighted by molar-refractivity contribution is 0.0132. The van der Waals surface area contributed by atoms with E-state index < -0.39 is 0 Å². The predicted octanol–water partition coefficient (Wildman–Crippen LogP) is 1.60. The maximum absolute atomic E-state index is 6.30. The SMILES string of the molecule is CCC(CC)N1CC(N)(C2CC2)C1. The molecule has 0 unspecified atom stereocenters. The standard InChI is InChI=1S/C11H22N2/c1-3-10(4-2)13-7-11(12,8-13)9-5-6-9/h9-10H,3-8,12H2,1-2H3. The van der Waals surface area contributed by atoms with Gasteiger partial charge >= 0.3 is 0 Å². The van der Waals surface area contributed by atoms with Crippen molar-refractivity contribution >= 4 is 0 Å². The molecule has 0 atom stereocenters. The van der Waals surface area contributed by atoms with Gasteiger partial charge in [0.05, 0.1) is 0 Å². The third kappa shape index (κ3) is 1.62. The molecule has 0 aromatic rings. The highest BCUT2D eigenvalue weighted by molar-refractivity contribution is 5.09. The molecule has 2 N–H and O–H groups in total. The fourth-order valence-corrected chi connectivity index (χ4v) is 2.69. The van der Waals surface area contributed by atoms with Gasteiger partial charge in [0.2, 0.25) is 0 Å². The zero-order valence-electron chi connectivity index (χ0n) is 8.92. The highest BCUT2D eigenvalue weighted by atomic mass is 15.3. The average Bonchev–Trinajstić information content (AvgIpc) is 2.85. The minimum Gasteiger partial charge on any atom is -0.323 e. The number of hydrogen-bond donors (Lipinski definition) is 1. The number of nitrogens with two attached hydrogens (primary N) is 1. The smallest absolute Gasteiger partial charge is 0.0441 e. The normalized spacial score (nSPS) is 27.7. The topological polar surface area (TPSA) is 29.3 Å². The lowest BCUT2D eigenvalue weighted by Crippen LogP contribution is -2.70. The molecule has 2 heteroatoms. The lowest BCUT2D eigenvalue weighted by Gasteiger charge is -2.51. The van der Waals surface area contributed by atoms with E-state index in [-0.39, 0.29) is 5.54 Å². The molecule has 0 aromatic heterocycles. The highest BCUT2D eigenvalue weighted by Crippen LogP contribution is 2.43. The molecule has 0 bridgehead atoms. The summed E-state index contributed by atoms with van der Waals surface area (Å²) < 4.78 is 0. The number of likely N-dealkylation sites (tertiary alicyclic amines) is 1.